The molecular weight excluding hydrogens is 378 g/mol. The largest absolute Gasteiger partial charge is 0.384 e. The Morgan fingerprint density at radius 1 is 1.25 bits per heavy atom. The second-order valence-electron chi connectivity index (χ2n) is 8.12. The molecule has 9 heteroatoms. The summed E-state index contributed by atoms with van der Waals surface area (Å²) in [5.41, 5.74) is 0.826. The van der Waals surface area contributed by atoms with Crippen molar-refractivity contribution in [3.8, 4) is 0 Å². The summed E-state index contributed by atoms with van der Waals surface area (Å²) in [6.45, 7) is 1.97. The third-order valence-electron chi connectivity index (χ3n) is 6.24. The average molecular weight is 408 g/mol. The van der Waals surface area contributed by atoms with Gasteiger partial charge in [-0.25, -0.2) is 22.7 Å². The first-order valence-electron chi connectivity index (χ1n) is 9.95. The lowest BCUT2D eigenvalue weighted by Crippen LogP contribution is -2.48. The molecule has 0 unspecified atom stereocenters. The minimum absolute atomic E-state index is 0.220. The van der Waals surface area contributed by atoms with E-state index in [2.05, 4.69) is 19.9 Å². The molecule has 1 N–H and O–H groups in total. The molecule has 1 saturated heterocycles. The maximum Gasteiger partial charge on any atom is 0.214 e. The molecule has 1 aliphatic heterocycles. The predicted octanol–water partition coefficient (Wildman–Crippen LogP) is 1.86. The maximum absolute atomic E-state index is 12.8. The molecule has 28 heavy (non-hydrogen) atoms. The highest BCUT2D eigenvalue weighted by molar-refractivity contribution is 7.89. The number of aromatic amines is 1. The molecule has 2 aromatic heterocycles. The number of H-pyrrole nitrogens is 1. The zero-order valence-corrected chi connectivity index (χ0v) is 17.4. The molecule has 0 atom stereocenters. The fourth-order valence-corrected chi connectivity index (χ4v) is 6.30. The van der Waals surface area contributed by atoms with Crippen molar-refractivity contribution in [1.29, 1.82) is 0 Å². The van der Waals surface area contributed by atoms with E-state index in [1.165, 1.54) is 0 Å². The van der Waals surface area contributed by atoms with Crippen molar-refractivity contribution in [3.63, 3.8) is 0 Å². The van der Waals surface area contributed by atoms with Crippen molar-refractivity contribution in [2.24, 2.45) is 11.8 Å². The first-order valence-corrected chi connectivity index (χ1v) is 11.6. The van der Waals surface area contributed by atoms with Crippen molar-refractivity contribution >= 4 is 26.9 Å². The lowest BCUT2D eigenvalue weighted by molar-refractivity contribution is 0.121. The van der Waals surface area contributed by atoms with E-state index in [-0.39, 0.29) is 11.7 Å². The van der Waals surface area contributed by atoms with E-state index in [1.54, 1.807) is 17.7 Å². The van der Waals surface area contributed by atoms with E-state index in [9.17, 15) is 8.42 Å². The molecule has 0 aromatic carbocycles. The molecule has 1 saturated carbocycles. The Hall–Kier alpha value is -1.71. The molecule has 8 nitrogen and oxygen atoms in total. The van der Waals surface area contributed by atoms with Gasteiger partial charge in [0.1, 0.15) is 17.8 Å². The number of hydrogen-bond donors (Lipinski definition) is 1. The highest BCUT2D eigenvalue weighted by Crippen LogP contribution is 2.36. The van der Waals surface area contributed by atoms with Gasteiger partial charge in [0, 0.05) is 46.1 Å². The number of methoxy groups -OCH3 is 1. The number of nitrogens with one attached hydrogen (secondary N) is 1. The number of anilines is 1. The van der Waals surface area contributed by atoms with E-state index >= 15 is 0 Å². The summed E-state index contributed by atoms with van der Waals surface area (Å²) in [5, 5.41) is 1.00. The van der Waals surface area contributed by atoms with Crippen molar-refractivity contribution in [3.05, 3.63) is 18.6 Å². The van der Waals surface area contributed by atoms with Crippen LogP contribution in [0.2, 0.25) is 0 Å². The van der Waals surface area contributed by atoms with Crippen LogP contribution >= 0.6 is 0 Å². The van der Waals surface area contributed by atoms with Crippen LogP contribution in [0.15, 0.2) is 18.6 Å². The Morgan fingerprint density at radius 3 is 2.71 bits per heavy atom. The van der Waals surface area contributed by atoms with E-state index in [1.807, 2.05) is 19.3 Å². The average Bonchev–Trinajstić information content (AvgIpc) is 3.13. The Kier molecular flexibility index (Phi) is 5.57. The van der Waals surface area contributed by atoms with Crippen LogP contribution in [-0.2, 0) is 14.8 Å². The lowest BCUT2D eigenvalue weighted by atomic mass is 9.81. The Labute approximate surface area is 166 Å². The minimum Gasteiger partial charge on any atom is -0.384 e. The monoisotopic (exact) mass is 407 g/mol. The summed E-state index contributed by atoms with van der Waals surface area (Å²) in [6.07, 6.45) is 6.98. The number of ether oxygens (including phenoxy) is 1. The molecule has 154 valence electrons. The first-order chi connectivity index (χ1) is 13.5. The van der Waals surface area contributed by atoms with Gasteiger partial charge in [0.2, 0.25) is 10.0 Å². The van der Waals surface area contributed by atoms with Gasteiger partial charge >= 0.3 is 0 Å². The molecule has 3 heterocycles. The Morgan fingerprint density at radius 2 is 2.00 bits per heavy atom. The van der Waals surface area contributed by atoms with E-state index < -0.39 is 10.0 Å². The third kappa shape index (κ3) is 3.88. The van der Waals surface area contributed by atoms with Crippen LogP contribution < -0.4 is 4.90 Å². The molecule has 0 bridgehead atoms. The summed E-state index contributed by atoms with van der Waals surface area (Å²) < 4.78 is 32.5. The van der Waals surface area contributed by atoms with Crippen molar-refractivity contribution in [2.45, 2.75) is 31.7 Å². The van der Waals surface area contributed by atoms with Gasteiger partial charge in [0.25, 0.3) is 0 Å². The maximum atomic E-state index is 12.8. The topological polar surface area (TPSA) is 91.4 Å². The zero-order chi connectivity index (χ0) is 19.7. The van der Waals surface area contributed by atoms with Gasteiger partial charge in [-0.15, -0.1) is 0 Å². The quantitative estimate of drug-likeness (QED) is 0.753. The summed E-state index contributed by atoms with van der Waals surface area (Å²) in [4.78, 5) is 13.9. The smallest absolute Gasteiger partial charge is 0.214 e. The van der Waals surface area contributed by atoms with Crippen molar-refractivity contribution in [2.75, 3.05) is 44.5 Å². The van der Waals surface area contributed by atoms with Crippen molar-refractivity contribution < 1.29 is 13.2 Å². The van der Waals surface area contributed by atoms with Crippen LogP contribution in [0.25, 0.3) is 11.0 Å². The number of nitrogens with zero attached hydrogens (tertiary/aromatic N) is 4. The molecular formula is C19H29N5O3S. The molecule has 0 amide bonds. The van der Waals surface area contributed by atoms with Crippen LogP contribution in [0.1, 0.15) is 25.7 Å². The van der Waals surface area contributed by atoms with Gasteiger partial charge in [-0.2, -0.15) is 0 Å². The number of aromatic nitrogens is 3. The van der Waals surface area contributed by atoms with Gasteiger partial charge in [-0.05, 0) is 43.6 Å². The molecule has 2 fully saturated rings. The van der Waals surface area contributed by atoms with E-state index in [0.29, 0.717) is 25.0 Å². The van der Waals surface area contributed by atoms with Gasteiger partial charge in [0.15, 0.2) is 0 Å². The van der Waals surface area contributed by atoms with Crippen LogP contribution in [0.3, 0.4) is 0 Å². The normalized spacial score (nSPS) is 24.4. The van der Waals surface area contributed by atoms with Crippen molar-refractivity contribution in [1.82, 2.24) is 19.3 Å². The number of fused-ring (bicyclic) bond motifs is 1. The first kappa shape index (κ1) is 19.6. The summed E-state index contributed by atoms with van der Waals surface area (Å²) >= 11 is 0. The SMILES string of the molecule is COCC1CCN(S(=O)(=O)C[C@H]2C[C@H](N(C)c3ncnc4[nH]ccc34)C2)CC1. The van der Waals surface area contributed by atoms with Crippen LogP contribution in [0, 0.1) is 11.8 Å². The van der Waals surface area contributed by atoms with Crippen LogP contribution in [-0.4, -0.2) is 73.3 Å². The lowest BCUT2D eigenvalue weighted by Gasteiger charge is -2.42. The number of hydrogen-bond acceptors (Lipinski definition) is 6. The van der Waals surface area contributed by atoms with Gasteiger partial charge in [-0.1, -0.05) is 0 Å². The molecule has 4 rings (SSSR count). The Balaban J connectivity index is 1.31. The standard InChI is InChI=1S/C19H29N5O3S/c1-23(19-17-3-6-20-18(17)21-13-22-19)16-9-15(10-16)12-28(25,26)24-7-4-14(5-8-24)11-27-2/h3,6,13-16H,4-5,7-12H2,1-2H3,(H,20,21,22)/t15-,16-. The number of sulfonamides is 1. The predicted molar refractivity (Wildman–Crippen MR) is 109 cm³/mol. The second-order valence-corrected chi connectivity index (χ2v) is 10.1. The molecule has 2 aromatic rings. The third-order valence-corrected chi connectivity index (χ3v) is 8.29. The fourth-order valence-electron chi connectivity index (χ4n) is 4.46. The summed E-state index contributed by atoms with van der Waals surface area (Å²) in [7, 11) is 0.559. The van der Waals surface area contributed by atoms with E-state index in [4.69, 9.17) is 4.74 Å². The number of piperidine rings is 1. The van der Waals surface area contributed by atoms with Crippen LogP contribution in [0.4, 0.5) is 5.82 Å². The highest BCUT2D eigenvalue weighted by atomic mass is 32.2. The zero-order valence-electron chi connectivity index (χ0n) is 16.5. The van der Waals surface area contributed by atoms with Crippen LogP contribution in [0.5, 0.6) is 0 Å². The summed E-state index contributed by atoms with van der Waals surface area (Å²) in [6, 6.07) is 2.30. The Bertz CT molecular complexity index is 901. The molecule has 0 radical (unpaired) electrons. The van der Waals surface area contributed by atoms with Gasteiger partial charge in [-0.3, -0.25) is 0 Å². The molecule has 1 aliphatic carbocycles. The van der Waals surface area contributed by atoms with Gasteiger partial charge < -0.3 is 14.6 Å². The molecule has 0 spiro atoms. The number of rotatable bonds is 7. The fraction of sp³-hybridized carbons (Fsp3) is 0.684. The highest BCUT2D eigenvalue weighted by Gasteiger charge is 2.38. The second kappa shape index (κ2) is 7.96. The summed E-state index contributed by atoms with van der Waals surface area (Å²) in [5.74, 6) is 1.86. The molecule has 2 aliphatic rings. The van der Waals surface area contributed by atoms with E-state index in [0.717, 1.165) is 49.1 Å². The van der Waals surface area contributed by atoms with Gasteiger partial charge in [0.05, 0.1) is 11.1 Å². The minimum atomic E-state index is -3.18.